The average Bonchev–Trinajstić information content (AvgIpc) is 2.83. The molecule has 2 aromatic rings. The summed E-state index contributed by atoms with van der Waals surface area (Å²) in [6.07, 6.45) is 5.01. The second-order valence-corrected chi connectivity index (χ2v) is 8.01. The predicted octanol–water partition coefficient (Wildman–Crippen LogP) is 4.34. The molecule has 7 nitrogen and oxygen atoms in total. The third-order valence-electron chi connectivity index (χ3n) is 5.28. The van der Waals surface area contributed by atoms with E-state index in [1.807, 2.05) is 25.1 Å². The average molecular weight is 454 g/mol. The number of rotatable bonds is 14. The van der Waals surface area contributed by atoms with Crippen molar-refractivity contribution in [1.29, 1.82) is 0 Å². The minimum atomic E-state index is -0.169. The van der Waals surface area contributed by atoms with Crippen LogP contribution < -0.4 is 10.6 Å². The van der Waals surface area contributed by atoms with Crippen molar-refractivity contribution in [2.24, 2.45) is 0 Å². The Balaban J connectivity index is 1.72. The Morgan fingerprint density at radius 1 is 0.848 bits per heavy atom. The number of anilines is 1. The molecule has 0 aliphatic rings. The molecular formula is C26H35N3O4. The van der Waals surface area contributed by atoms with Crippen molar-refractivity contribution in [3.05, 3.63) is 60.2 Å². The SMILES string of the molecule is CCCCC(=O)N(CCCCCNC(=O)c1ccccc1)CCC(=O)Nc1ccc(O)cc1. The van der Waals surface area contributed by atoms with Gasteiger partial charge in [-0.1, -0.05) is 31.5 Å². The summed E-state index contributed by atoms with van der Waals surface area (Å²) in [5.41, 5.74) is 1.26. The molecule has 0 saturated carbocycles. The van der Waals surface area contributed by atoms with Crippen molar-refractivity contribution in [2.45, 2.75) is 51.9 Å². The van der Waals surface area contributed by atoms with Crippen LogP contribution in [-0.2, 0) is 9.59 Å². The summed E-state index contributed by atoms with van der Waals surface area (Å²) in [5.74, 6) is -0.0313. The molecule has 0 unspecified atom stereocenters. The van der Waals surface area contributed by atoms with Gasteiger partial charge in [-0.05, 0) is 62.1 Å². The number of unbranched alkanes of at least 4 members (excludes halogenated alkanes) is 3. The van der Waals surface area contributed by atoms with Crippen molar-refractivity contribution in [3.63, 3.8) is 0 Å². The van der Waals surface area contributed by atoms with Gasteiger partial charge < -0.3 is 20.6 Å². The maximum Gasteiger partial charge on any atom is 0.251 e. The Bertz CT molecular complexity index is 869. The summed E-state index contributed by atoms with van der Waals surface area (Å²) in [4.78, 5) is 38.7. The smallest absolute Gasteiger partial charge is 0.251 e. The highest BCUT2D eigenvalue weighted by Gasteiger charge is 2.14. The van der Waals surface area contributed by atoms with E-state index in [4.69, 9.17) is 0 Å². The molecule has 7 heteroatoms. The molecule has 33 heavy (non-hydrogen) atoms. The van der Waals surface area contributed by atoms with E-state index in [0.29, 0.717) is 37.3 Å². The van der Waals surface area contributed by atoms with E-state index in [2.05, 4.69) is 10.6 Å². The van der Waals surface area contributed by atoms with Crippen LogP contribution in [0, 0.1) is 0 Å². The van der Waals surface area contributed by atoms with Gasteiger partial charge in [-0.15, -0.1) is 0 Å². The van der Waals surface area contributed by atoms with Gasteiger partial charge in [0.1, 0.15) is 5.75 Å². The lowest BCUT2D eigenvalue weighted by atomic mass is 10.2. The van der Waals surface area contributed by atoms with Crippen LogP contribution in [-0.4, -0.2) is 47.4 Å². The van der Waals surface area contributed by atoms with Crippen molar-refractivity contribution in [1.82, 2.24) is 10.2 Å². The number of nitrogens with zero attached hydrogens (tertiary/aromatic N) is 1. The van der Waals surface area contributed by atoms with E-state index in [9.17, 15) is 19.5 Å². The van der Waals surface area contributed by atoms with Crippen LogP contribution in [0.2, 0.25) is 0 Å². The van der Waals surface area contributed by atoms with E-state index in [-0.39, 0.29) is 29.9 Å². The van der Waals surface area contributed by atoms with Gasteiger partial charge in [-0.3, -0.25) is 14.4 Å². The van der Waals surface area contributed by atoms with Gasteiger partial charge in [-0.2, -0.15) is 0 Å². The number of hydrogen-bond donors (Lipinski definition) is 3. The molecule has 0 radical (unpaired) electrons. The molecule has 178 valence electrons. The fraction of sp³-hybridized carbons (Fsp3) is 0.423. The molecule has 2 aromatic carbocycles. The van der Waals surface area contributed by atoms with Crippen molar-refractivity contribution >= 4 is 23.4 Å². The number of phenols is 1. The molecular weight excluding hydrogens is 418 g/mol. The third-order valence-corrected chi connectivity index (χ3v) is 5.28. The van der Waals surface area contributed by atoms with Crippen LogP contribution in [0.1, 0.15) is 62.2 Å². The highest BCUT2D eigenvalue weighted by molar-refractivity contribution is 5.94. The Labute approximate surface area is 196 Å². The summed E-state index contributed by atoms with van der Waals surface area (Å²) in [6.45, 7) is 3.61. The molecule has 0 spiro atoms. The molecule has 0 bridgehead atoms. The van der Waals surface area contributed by atoms with Gasteiger partial charge in [0, 0.05) is 43.7 Å². The van der Waals surface area contributed by atoms with E-state index >= 15 is 0 Å². The minimum absolute atomic E-state index is 0.0756. The first kappa shape index (κ1) is 25.9. The fourth-order valence-electron chi connectivity index (χ4n) is 3.35. The maximum atomic E-state index is 12.6. The maximum absolute atomic E-state index is 12.6. The zero-order chi connectivity index (χ0) is 23.9. The van der Waals surface area contributed by atoms with E-state index in [1.54, 1.807) is 29.2 Å². The second kappa shape index (κ2) is 14.7. The lowest BCUT2D eigenvalue weighted by molar-refractivity contribution is -0.131. The molecule has 0 saturated heterocycles. The summed E-state index contributed by atoms with van der Waals surface area (Å²) >= 11 is 0. The van der Waals surface area contributed by atoms with Crippen LogP contribution in [0.25, 0.3) is 0 Å². The van der Waals surface area contributed by atoms with E-state index in [0.717, 1.165) is 32.1 Å². The van der Waals surface area contributed by atoms with Crippen LogP contribution in [0.3, 0.4) is 0 Å². The standard InChI is InChI=1S/C26H35N3O4/c1-2-3-12-25(32)29(20-17-24(31)28-22-13-15-23(30)16-14-22)19-9-5-8-18-27-26(33)21-10-6-4-7-11-21/h4,6-7,10-11,13-16,30H,2-3,5,8-9,12,17-20H2,1H3,(H,27,33)(H,28,31). The van der Waals surface area contributed by atoms with Gasteiger partial charge in [-0.25, -0.2) is 0 Å². The molecule has 0 fully saturated rings. The van der Waals surface area contributed by atoms with Crippen LogP contribution >= 0.6 is 0 Å². The first-order chi connectivity index (χ1) is 16.0. The number of aromatic hydroxyl groups is 1. The molecule has 0 aliphatic heterocycles. The normalized spacial score (nSPS) is 10.5. The quantitative estimate of drug-likeness (QED) is 0.293. The minimum Gasteiger partial charge on any atom is -0.508 e. The first-order valence-corrected chi connectivity index (χ1v) is 11.7. The predicted molar refractivity (Wildman–Crippen MR) is 130 cm³/mol. The zero-order valence-electron chi connectivity index (χ0n) is 19.4. The lowest BCUT2D eigenvalue weighted by Crippen LogP contribution is -2.34. The summed E-state index contributed by atoms with van der Waals surface area (Å²) in [6, 6.07) is 15.4. The third kappa shape index (κ3) is 10.2. The van der Waals surface area contributed by atoms with Crippen molar-refractivity contribution < 1.29 is 19.5 Å². The number of phenolic OH excluding ortho intramolecular Hbond substituents is 1. The molecule has 2 rings (SSSR count). The zero-order valence-corrected chi connectivity index (χ0v) is 19.4. The van der Waals surface area contributed by atoms with Crippen molar-refractivity contribution in [3.8, 4) is 5.75 Å². The Hall–Kier alpha value is -3.35. The van der Waals surface area contributed by atoms with Gasteiger partial charge >= 0.3 is 0 Å². The van der Waals surface area contributed by atoms with E-state index in [1.165, 1.54) is 12.1 Å². The highest BCUT2D eigenvalue weighted by atomic mass is 16.3. The molecule has 3 amide bonds. The van der Waals surface area contributed by atoms with Crippen LogP contribution in [0.4, 0.5) is 5.69 Å². The molecule has 0 atom stereocenters. The number of benzene rings is 2. The van der Waals surface area contributed by atoms with Crippen LogP contribution in [0.5, 0.6) is 5.75 Å². The number of carbonyl (C=O) groups is 3. The molecule has 0 aromatic heterocycles. The summed E-state index contributed by atoms with van der Waals surface area (Å²) < 4.78 is 0. The van der Waals surface area contributed by atoms with Gasteiger partial charge in [0.15, 0.2) is 0 Å². The second-order valence-electron chi connectivity index (χ2n) is 8.01. The van der Waals surface area contributed by atoms with Crippen molar-refractivity contribution in [2.75, 3.05) is 25.0 Å². The van der Waals surface area contributed by atoms with Crippen LogP contribution in [0.15, 0.2) is 54.6 Å². The molecule has 0 heterocycles. The molecule has 0 aliphatic carbocycles. The topological polar surface area (TPSA) is 98.7 Å². The monoisotopic (exact) mass is 453 g/mol. The Kier molecular flexibility index (Phi) is 11.5. The fourth-order valence-corrected chi connectivity index (χ4v) is 3.35. The van der Waals surface area contributed by atoms with Gasteiger partial charge in [0.25, 0.3) is 5.91 Å². The number of hydrogen-bond acceptors (Lipinski definition) is 4. The summed E-state index contributed by atoms with van der Waals surface area (Å²) in [5, 5.41) is 15.0. The van der Waals surface area contributed by atoms with E-state index < -0.39 is 0 Å². The first-order valence-electron chi connectivity index (χ1n) is 11.7. The largest absolute Gasteiger partial charge is 0.508 e. The number of amides is 3. The van der Waals surface area contributed by atoms with Gasteiger partial charge in [0.05, 0.1) is 0 Å². The highest BCUT2D eigenvalue weighted by Crippen LogP contribution is 2.14. The number of nitrogens with one attached hydrogen (secondary N) is 2. The Morgan fingerprint density at radius 3 is 2.27 bits per heavy atom. The Morgan fingerprint density at radius 2 is 1.58 bits per heavy atom. The lowest BCUT2D eigenvalue weighted by Gasteiger charge is -2.22. The van der Waals surface area contributed by atoms with Gasteiger partial charge in [0.2, 0.25) is 11.8 Å². The number of carbonyl (C=O) groups excluding carboxylic acids is 3. The molecule has 3 N–H and O–H groups in total. The summed E-state index contributed by atoms with van der Waals surface area (Å²) in [7, 11) is 0.